The molecule has 0 bridgehead atoms. The Hall–Kier alpha value is -2.26. The first kappa shape index (κ1) is 22.0. The van der Waals surface area contributed by atoms with Gasteiger partial charge < -0.3 is 10.2 Å². The van der Waals surface area contributed by atoms with E-state index in [2.05, 4.69) is 16.6 Å². The lowest BCUT2D eigenvalue weighted by atomic mass is 9.95. The van der Waals surface area contributed by atoms with Crippen molar-refractivity contribution in [3.63, 3.8) is 0 Å². The summed E-state index contributed by atoms with van der Waals surface area (Å²) in [4.78, 5) is 25.8. The Labute approximate surface area is 165 Å². The third kappa shape index (κ3) is 5.39. The van der Waals surface area contributed by atoms with E-state index in [0.29, 0.717) is 25.9 Å². The van der Waals surface area contributed by atoms with Gasteiger partial charge in [-0.05, 0) is 44.9 Å². The summed E-state index contributed by atoms with van der Waals surface area (Å²) in [6.45, 7) is 7.90. The summed E-state index contributed by atoms with van der Waals surface area (Å²) < 4.78 is 40.6. The highest BCUT2D eigenvalue weighted by Crippen LogP contribution is 2.22. The number of carbonyl (C=O) groups is 2. The zero-order valence-corrected chi connectivity index (χ0v) is 16.9. The highest BCUT2D eigenvalue weighted by molar-refractivity contribution is 7.89. The molecule has 0 atom stereocenters. The molecule has 2 rings (SSSR count). The minimum absolute atomic E-state index is 0.0226. The van der Waals surface area contributed by atoms with Crippen molar-refractivity contribution in [1.29, 1.82) is 0 Å². The molecular formula is C19H26FN3O4S. The third-order valence-electron chi connectivity index (χ3n) is 4.47. The number of likely N-dealkylation sites (tertiary alicyclic amines) is 1. The first-order valence-corrected chi connectivity index (χ1v) is 10.6. The summed E-state index contributed by atoms with van der Waals surface area (Å²) in [6, 6.07) is 3.34. The molecule has 1 aliphatic rings. The quantitative estimate of drug-likeness (QED) is 0.667. The molecule has 0 saturated carbocycles. The molecule has 154 valence electrons. The van der Waals surface area contributed by atoms with Crippen molar-refractivity contribution in [3.8, 4) is 0 Å². The molecule has 1 aliphatic heterocycles. The van der Waals surface area contributed by atoms with Gasteiger partial charge in [0, 0.05) is 37.2 Å². The molecule has 7 nitrogen and oxygen atoms in total. The predicted octanol–water partition coefficient (Wildman–Crippen LogP) is 1.67. The molecule has 1 aromatic rings. The number of piperidine rings is 1. The number of carbonyl (C=O) groups excluding carboxylic acids is 2. The lowest BCUT2D eigenvalue weighted by Crippen LogP contribution is -2.44. The smallest absolute Gasteiger partial charge is 0.253 e. The Balaban J connectivity index is 2.10. The largest absolute Gasteiger partial charge is 0.354 e. The second-order valence-electron chi connectivity index (χ2n) is 7.02. The maximum absolute atomic E-state index is 14.0. The van der Waals surface area contributed by atoms with Crippen LogP contribution in [0.2, 0.25) is 0 Å². The second-order valence-corrected chi connectivity index (χ2v) is 8.75. The van der Waals surface area contributed by atoms with E-state index in [9.17, 15) is 22.4 Å². The Morgan fingerprint density at radius 1 is 1.32 bits per heavy atom. The van der Waals surface area contributed by atoms with Crippen LogP contribution in [0.25, 0.3) is 0 Å². The van der Waals surface area contributed by atoms with Crippen LogP contribution < -0.4 is 10.0 Å². The monoisotopic (exact) mass is 411 g/mol. The van der Waals surface area contributed by atoms with Crippen molar-refractivity contribution in [3.05, 3.63) is 42.2 Å². The van der Waals surface area contributed by atoms with E-state index in [-0.39, 0.29) is 35.9 Å². The third-order valence-corrected chi connectivity index (χ3v) is 5.91. The molecule has 1 heterocycles. The molecule has 0 aromatic heterocycles. The van der Waals surface area contributed by atoms with E-state index >= 15 is 0 Å². The first-order valence-electron chi connectivity index (χ1n) is 9.15. The fourth-order valence-corrected chi connectivity index (χ4v) is 4.12. The van der Waals surface area contributed by atoms with Gasteiger partial charge in [-0.15, -0.1) is 6.58 Å². The van der Waals surface area contributed by atoms with E-state index in [0.717, 1.165) is 12.1 Å². The van der Waals surface area contributed by atoms with E-state index in [1.54, 1.807) is 4.90 Å². The molecule has 0 aliphatic carbocycles. The van der Waals surface area contributed by atoms with Gasteiger partial charge in [-0.2, -0.15) is 0 Å². The molecule has 2 N–H and O–H groups in total. The predicted molar refractivity (Wildman–Crippen MR) is 104 cm³/mol. The molecule has 1 fully saturated rings. The van der Waals surface area contributed by atoms with E-state index in [1.165, 1.54) is 12.1 Å². The van der Waals surface area contributed by atoms with Crippen LogP contribution in [0.5, 0.6) is 0 Å². The van der Waals surface area contributed by atoms with Crippen LogP contribution in [0.15, 0.2) is 35.7 Å². The Morgan fingerprint density at radius 3 is 2.54 bits per heavy atom. The van der Waals surface area contributed by atoms with Gasteiger partial charge in [-0.1, -0.05) is 6.08 Å². The molecule has 28 heavy (non-hydrogen) atoms. The van der Waals surface area contributed by atoms with Gasteiger partial charge in [0.2, 0.25) is 15.9 Å². The zero-order chi connectivity index (χ0) is 20.9. The number of nitrogens with one attached hydrogen (secondary N) is 2. The molecule has 0 radical (unpaired) electrons. The number of nitrogens with zero attached hydrogens (tertiary/aromatic N) is 1. The van der Waals surface area contributed by atoms with E-state index in [1.807, 2.05) is 13.8 Å². The Bertz CT molecular complexity index is 847. The summed E-state index contributed by atoms with van der Waals surface area (Å²) >= 11 is 0. The topological polar surface area (TPSA) is 95.6 Å². The van der Waals surface area contributed by atoms with Gasteiger partial charge in [0.1, 0.15) is 10.7 Å². The molecule has 9 heteroatoms. The van der Waals surface area contributed by atoms with Crippen molar-refractivity contribution in [1.82, 2.24) is 14.9 Å². The first-order chi connectivity index (χ1) is 13.2. The number of sulfonamides is 1. The van der Waals surface area contributed by atoms with E-state index < -0.39 is 20.7 Å². The highest BCUT2D eigenvalue weighted by Gasteiger charge is 2.29. The maximum atomic E-state index is 14.0. The van der Waals surface area contributed by atoms with Gasteiger partial charge in [0.25, 0.3) is 5.91 Å². The number of hydrogen-bond acceptors (Lipinski definition) is 4. The summed E-state index contributed by atoms with van der Waals surface area (Å²) in [6.07, 6.45) is 2.39. The average molecular weight is 411 g/mol. The van der Waals surface area contributed by atoms with Crippen molar-refractivity contribution < 1.29 is 22.4 Å². The molecule has 1 saturated heterocycles. The minimum atomic E-state index is -4.09. The van der Waals surface area contributed by atoms with Gasteiger partial charge in [0.05, 0.1) is 0 Å². The summed E-state index contributed by atoms with van der Waals surface area (Å²) in [5.74, 6) is -1.50. The highest BCUT2D eigenvalue weighted by atomic mass is 32.2. The summed E-state index contributed by atoms with van der Waals surface area (Å²) in [7, 11) is -4.09. The lowest BCUT2D eigenvalue weighted by molar-refractivity contribution is -0.126. The standard InChI is InChI=1S/C19H26FN3O4S/c1-4-9-21-28(26,27)17-12-15(5-6-16(17)20)19(25)23-10-7-14(8-11-23)18(24)22-13(2)3/h4-6,12-14,21H,1,7-11H2,2-3H3,(H,22,24). The van der Waals surface area contributed by atoms with Gasteiger partial charge in [-0.3, -0.25) is 9.59 Å². The van der Waals surface area contributed by atoms with Crippen molar-refractivity contribution in [2.24, 2.45) is 5.92 Å². The van der Waals surface area contributed by atoms with Crippen LogP contribution in [-0.2, 0) is 14.8 Å². The summed E-state index contributed by atoms with van der Waals surface area (Å²) in [5.41, 5.74) is 0.0884. The van der Waals surface area contributed by atoms with Crippen LogP contribution in [0.1, 0.15) is 37.0 Å². The molecule has 0 unspecified atom stereocenters. The van der Waals surface area contributed by atoms with Crippen molar-refractivity contribution in [2.75, 3.05) is 19.6 Å². The maximum Gasteiger partial charge on any atom is 0.253 e. The van der Waals surface area contributed by atoms with E-state index in [4.69, 9.17) is 0 Å². The molecular weight excluding hydrogens is 385 g/mol. The normalized spacial score (nSPS) is 15.5. The van der Waals surface area contributed by atoms with Crippen LogP contribution >= 0.6 is 0 Å². The van der Waals surface area contributed by atoms with Crippen LogP contribution in [-0.4, -0.2) is 50.8 Å². The van der Waals surface area contributed by atoms with Gasteiger partial charge in [0.15, 0.2) is 0 Å². The van der Waals surface area contributed by atoms with Crippen molar-refractivity contribution in [2.45, 2.75) is 37.6 Å². The number of amides is 2. The molecule has 0 spiro atoms. The summed E-state index contributed by atoms with van der Waals surface area (Å²) in [5, 5.41) is 2.87. The Morgan fingerprint density at radius 2 is 1.96 bits per heavy atom. The number of halogens is 1. The lowest BCUT2D eigenvalue weighted by Gasteiger charge is -2.31. The average Bonchev–Trinajstić information content (AvgIpc) is 2.65. The fourth-order valence-electron chi connectivity index (χ4n) is 3.02. The van der Waals surface area contributed by atoms with Crippen molar-refractivity contribution >= 4 is 21.8 Å². The van der Waals surface area contributed by atoms with Gasteiger partial charge >= 0.3 is 0 Å². The number of benzene rings is 1. The fraction of sp³-hybridized carbons (Fsp3) is 0.474. The Kier molecular flexibility index (Phi) is 7.31. The van der Waals surface area contributed by atoms with Crippen LogP contribution in [0, 0.1) is 11.7 Å². The van der Waals surface area contributed by atoms with Crippen LogP contribution in [0.4, 0.5) is 4.39 Å². The second kappa shape index (κ2) is 9.29. The van der Waals surface area contributed by atoms with Gasteiger partial charge in [-0.25, -0.2) is 17.5 Å². The van der Waals surface area contributed by atoms with Crippen LogP contribution in [0.3, 0.4) is 0 Å². The zero-order valence-electron chi connectivity index (χ0n) is 16.1. The number of hydrogen-bond donors (Lipinski definition) is 2. The SMILES string of the molecule is C=CCNS(=O)(=O)c1cc(C(=O)N2CCC(C(=O)NC(C)C)CC2)ccc1F. The number of rotatable bonds is 7. The molecule has 1 aromatic carbocycles. The molecule has 2 amide bonds. The minimum Gasteiger partial charge on any atom is -0.354 e.